The van der Waals surface area contributed by atoms with Gasteiger partial charge in [-0.1, -0.05) is 26.2 Å². The van der Waals surface area contributed by atoms with Crippen LogP contribution in [-0.4, -0.2) is 45.8 Å². The Bertz CT molecular complexity index is 508. The molecule has 0 radical (unpaired) electrons. The lowest BCUT2D eigenvalue weighted by Gasteiger charge is -2.49. The first-order valence-electron chi connectivity index (χ1n) is 8.22. The highest BCUT2D eigenvalue weighted by molar-refractivity contribution is 5.93. The number of hydrogen-bond donors (Lipinski definition) is 1. The molecule has 1 saturated heterocycles. The molecule has 3 rings (SSSR count). The second-order valence-corrected chi connectivity index (χ2v) is 6.42. The van der Waals surface area contributed by atoms with Crippen LogP contribution < -0.4 is 5.32 Å². The van der Waals surface area contributed by atoms with Crippen LogP contribution in [0.1, 0.15) is 55.2 Å². The van der Waals surface area contributed by atoms with E-state index < -0.39 is 0 Å². The van der Waals surface area contributed by atoms with Crippen LogP contribution in [0.25, 0.3) is 0 Å². The lowest BCUT2D eigenvalue weighted by molar-refractivity contribution is 0.0213. The molecular weight excluding hydrogens is 264 g/mol. The minimum absolute atomic E-state index is 0.0320. The van der Waals surface area contributed by atoms with Gasteiger partial charge < -0.3 is 10.2 Å². The fourth-order valence-corrected chi connectivity index (χ4v) is 3.86. The molecule has 1 N–H and O–H groups in total. The molecule has 2 aliphatic rings. The van der Waals surface area contributed by atoms with Gasteiger partial charge in [-0.25, -0.2) is 0 Å². The lowest BCUT2D eigenvalue weighted by Crippen LogP contribution is -2.63. The standard InChI is InChI=1S/C16H26N4O/c1-3-13-11-14(19(2)18-13)15(21)20-10-9-17-12-16(20)7-5-4-6-8-16/h11,17H,3-10,12H2,1-2H3. The van der Waals surface area contributed by atoms with Gasteiger partial charge in [0.25, 0.3) is 5.91 Å². The molecule has 1 amide bonds. The number of hydrogen-bond acceptors (Lipinski definition) is 3. The Kier molecular flexibility index (Phi) is 4.02. The van der Waals surface area contributed by atoms with Crippen molar-refractivity contribution in [2.75, 3.05) is 19.6 Å². The Morgan fingerprint density at radius 1 is 1.38 bits per heavy atom. The highest BCUT2D eigenvalue weighted by atomic mass is 16.2. The van der Waals surface area contributed by atoms with Crippen molar-refractivity contribution in [1.82, 2.24) is 20.0 Å². The number of amides is 1. The van der Waals surface area contributed by atoms with Gasteiger partial charge in [0.15, 0.2) is 0 Å². The van der Waals surface area contributed by atoms with Crippen LogP contribution in [0.15, 0.2) is 6.07 Å². The van der Waals surface area contributed by atoms with E-state index in [9.17, 15) is 4.79 Å². The zero-order chi connectivity index (χ0) is 14.9. The molecule has 1 spiro atoms. The number of carbonyl (C=O) groups excluding carboxylic acids is 1. The van der Waals surface area contributed by atoms with Crippen LogP contribution in [0.4, 0.5) is 0 Å². The molecule has 2 fully saturated rings. The zero-order valence-electron chi connectivity index (χ0n) is 13.2. The fourth-order valence-electron chi connectivity index (χ4n) is 3.86. The average molecular weight is 290 g/mol. The normalized spacial score (nSPS) is 21.7. The van der Waals surface area contributed by atoms with Gasteiger partial charge in [-0.15, -0.1) is 0 Å². The van der Waals surface area contributed by atoms with E-state index in [2.05, 4.69) is 22.2 Å². The zero-order valence-corrected chi connectivity index (χ0v) is 13.2. The molecule has 1 aliphatic carbocycles. The Hall–Kier alpha value is -1.36. The number of nitrogens with zero attached hydrogens (tertiary/aromatic N) is 3. The predicted molar refractivity (Wildman–Crippen MR) is 82.3 cm³/mol. The second-order valence-electron chi connectivity index (χ2n) is 6.42. The van der Waals surface area contributed by atoms with Gasteiger partial charge in [-0.05, 0) is 25.3 Å². The van der Waals surface area contributed by atoms with Crippen molar-refractivity contribution in [2.45, 2.75) is 51.0 Å². The Labute approximate surface area is 126 Å². The summed E-state index contributed by atoms with van der Waals surface area (Å²) < 4.78 is 1.75. The summed E-state index contributed by atoms with van der Waals surface area (Å²) in [6.07, 6.45) is 6.89. The summed E-state index contributed by atoms with van der Waals surface area (Å²) >= 11 is 0. The van der Waals surface area contributed by atoms with E-state index in [0.29, 0.717) is 0 Å². The molecule has 1 aliphatic heterocycles. The molecule has 1 saturated carbocycles. The number of aryl methyl sites for hydroxylation is 2. The maximum Gasteiger partial charge on any atom is 0.272 e. The van der Waals surface area contributed by atoms with Gasteiger partial charge in [0.2, 0.25) is 0 Å². The summed E-state index contributed by atoms with van der Waals surface area (Å²) in [5.74, 6) is 0.160. The topological polar surface area (TPSA) is 50.2 Å². The molecule has 0 unspecified atom stereocenters. The van der Waals surface area contributed by atoms with Crippen LogP contribution in [0.5, 0.6) is 0 Å². The van der Waals surface area contributed by atoms with Crippen LogP contribution in [0.3, 0.4) is 0 Å². The van der Waals surface area contributed by atoms with Crippen LogP contribution in [0.2, 0.25) is 0 Å². The maximum absolute atomic E-state index is 13.1. The molecular formula is C16H26N4O. The summed E-state index contributed by atoms with van der Waals surface area (Å²) in [5, 5.41) is 7.93. The molecule has 21 heavy (non-hydrogen) atoms. The van der Waals surface area contributed by atoms with Crippen molar-refractivity contribution in [3.63, 3.8) is 0 Å². The van der Waals surface area contributed by atoms with Crippen molar-refractivity contribution < 1.29 is 4.79 Å². The van der Waals surface area contributed by atoms with Gasteiger partial charge in [0.1, 0.15) is 5.69 Å². The highest BCUT2D eigenvalue weighted by Crippen LogP contribution is 2.35. The summed E-state index contributed by atoms with van der Waals surface area (Å²) in [7, 11) is 1.88. The first kappa shape index (κ1) is 14.6. The van der Waals surface area contributed by atoms with Crippen LogP contribution >= 0.6 is 0 Å². The van der Waals surface area contributed by atoms with E-state index in [-0.39, 0.29) is 11.4 Å². The first-order chi connectivity index (χ1) is 10.2. The SMILES string of the molecule is CCc1cc(C(=O)N2CCNCC23CCCCC3)n(C)n1. The average Bonchev–Trinajstić information content (AvgIpc) is 2.89. The van der Waals surface area contributed by atoms with Crippen molar-refractivity contribution in [3.8, 4) is 0 Å². The minimum atomic E-state index is 0.0320. The monoisotopic (exact) mass is 290 g/mol. The van der Waals surface area contributed by atoms with Gasteiger partial charge in [0.05, 0.1) is 11.2 Å². The summed E-state index contributed by atoms with van der Waals surface area (Å²) in [4.78, 5) is 15.2. The Morgan fingerprint density at radius 3 is 2.81 bits per heavy atom. The van der Waals surface area contributed by atoms with Crippen molar-refractivity contribution in [1.29, 1.82) is 0 Å². The fraction of sp³-hybridized carbons (Fsp3) is 0.750. The van der Waals surface area contributed by atoms with Gasteiger partial charge >= 0.3 is 0 Å². The van der Waals surface area contributed by atoms with Gasteiger partial charge in [-0.3, -0.25) is 9.48 Å². The second kappa shape index (κ2) is 5.79. The molecule has 5 nitrogen and oxygen atoms in total. The van der Waals surface area contributed by atoms with E-state index in [4.69, 9.17) is 0 Å². The van der Waals surface area contributed by atoms with Crippen molar-refractivity contribution >= 4 is 5.91 Å². The number of rotatable bonds is 2. The van der Waals surface area contributed by atoms with Crippen LogP contribution in [0, 0.1) is 0 Å². The summed E-state index contributed by atoms with van der Waals surface area (Å²) in [5.41, 5.74) is 1.76. The quantitative estimate of drug-likeness (QED) is 0.902. The Morgan fingerprint density at radius 2 is 2.14 bits per heavy atom. The largest absolute Gasteiger partial charge is 0.329 e. The molecule has 0 aromatic carbocycles. The first-order valence-corrected chi connectivity index (χ1v) is 8.22. The molecule has 116 valence electrons. The van der Waals surface area contributed by atoms with Crippen LogP contribution in [-0.2, 0) is 13.5 Å². The third kappa shape index (κ3) is 2.59. The maximum atomic E-state index is 13.1. The predicted octanol–water partition coefficient (Wildman–Crippen LogP) is 1.73. The third-order valence-electron chi connectivity index (χ3n) is 5.08. The molecule has 2 heterocycles. The van der Waals surface area contributed by atoms with Crippen molar-refractivity contribution in [2.24, 2.45) is 7.05 Å². The highest BCUT2D eigenvalue weighted by Gasteiger charge is 2.43. The summed E-state index contributed by atoms with van der Waals surface area (Å²) in [6, 6.07) is 1.96. The van der Waals surface area contributed by atoms with E-state index in [1.54, 1.807) is 4.68 Å². The number of carbonyl (C=O) groups is 1. The Balaban J connectivity index is 1.88. The molecule has 0 bridgehead atoms. The number of aromatic nitrogens is 2. The third-order valence-corrected chi connectivity index (χ3v) is 5.08. The van der Waals surface area contributed by atoms with E-state index in [0.717, 1.165) is 50.3 Å². The van der Waals surface area contributed by atoms with Gasteiger partial charge in [0, 0.05) is 26.7 Å². The van der Waals surface area contributed by atoms with Gasteiger partial charge in [-0.2, -0.15) is 5.10 Å². The molecule has 5 heteroatoms. The lowest BCUT2D eigenvalue weighted by atomic mass is 9.79. The number of piperazine rings is 1. The molecule has 1 aromatic heterocycles. The molecule has 0 atom stereocenters. The van der Waals surface area contributed by atoms with E-state index in [1.807, 2.05) is 13.1 Å². The number of nitrogens with one attached hydrogen (secondary N) is 1. The summed E-state index contributed by atoms with van der Waals surface area (Å²) in [6.45, 7) is 4.72. The van der Waals surface area contributed by atoms with E-state index >= 15 is 0 Å². The minimum Gasteiger partial charge on any atom is -0.329 e. The van der Waals surface area contributed by atoms with E-state index in [1.165, 1.54) is 19.3 Å². The molecule has 1 aromatic rings. The smallest absolute Gasteiger partial charge is 0.272 e. The van der Waals surface area contributed by atoms with Crippen molar-refractivity contribution in [3.05, 3.63) is 17.5 Å².